The fraction of sp³-hybridized carbons (Fsp3) is 0.174. The van der Waals surface area contributed by atoms with Crippen molar-refractivity contribution in [1.82, 2.24) is 24.3 Å². The molecule has 0 bridgehead atoms. The molecular formula is C23H20F4N6O3. The lowest BCUT2D eigenvalue weighted by molar-refractivity contribution is -0.192. The van der Waals surface area contributed by atoms with Crippen molar-refractivity contribution < 1.29 is 27.5 Å². The molecule has 0 fully saturated rings. The average Bonchev–Trinajstić information content (AvgIpc) is 3.53. The molecular weight excluding hydrogens is 484 g/mol. The van der Waals surface area contributed by atoms with Crippen LogP contribution >= 0.6 is 0 Å². The van der Waals surface area contributed by atoms with Crippen LogP contribution in [0.2, 0.25) is 0 Å². The van der Waals surface area contributed by atoms with Gasteiger partial charge < -0.3 is 20.4 Å². The molecule has 0 spiro atoms. The first-order chi connectivity index (χ1) is 17.1. The van der Waals surface area contributed by atoms with Gasteiger partial charge in [0.15, 0.2) is 5.82 Å². The number of aromatic amines is 2. The molecule has 0 unspecified atom stereocenters. The molecule has 9 nitrogen and oxygen atoms in total. The quantitative estimate of drug-likeness (QED) is 0.270. The third-order valence-corrected chi connectivity index (χ3v) is 5.39. The Morgan fingerprint density at radius 1 is 1.14 bits per heavy atom. The predicted molar refractivity (Wildman–Crippen MR) is 124 cm³/mol. The van der Waals surface area contributed by atoms with E-state index in [0.29, 0.717) is 30.0 Å². The number of nitrogens with two attached hydrogens (primary N) is 1. The van der Waals surface area contributed by atoms with E-state index in [-0.39, 0.29) is 11.5 Å². The van der Waals surface area contributed by atoms with Gasteiger partial charge in [-0.3, -0.25) is 0 Å². The molecule has 188 valence electrons. The first-order valence-corrected chi connectivity index (χ1v) is 10.6. The third kappa shape index (κ3) is 4.86. The van der Waals surface area contributed by atoms with Crippen molar-refractivity contribution in [3.8, 4) is 17.1 Å². The summed E-state index contributed by atoms with van der Waals surface area (Å²) in [6.07, 6.45) is -0.593. The molecule has 5 N–H and O–H groups in total. The molecule has 13 heteroatoms. The number of hydrogen-bond acceptors (Lipinski definition) is 4. The van der Waals surface area contributed by atoms with Gasteiger partial charge in [-0.2, -0.15) is 18.3 Å². The zero-order valence-electron chi connectivity index (χ0n) is 18.5. The Kier molecular flexibility index (Phi) is 6.66. The number of carboxylic acids is 1. The summed E-state index contributed by atoms with van der Waals surface area (Å²) >= 11 is 0. The maximum atomic E-state index is 14.0. The first-order valence-electron chi connectivity index (χ1n) is 10.6. The minimum absolute atomic E-state index is 0.360. The lowest BCUT2D eigenvalue weighted by Gasteiger charge is -2.05. The van der Waals surface area contributed by atoms with Gasteiger partial charge in [-0.05, 0) is 48.7 Å². The number of nitrogens with one attached hydrogen (secondary N) is 2. The molecule has 5 aromatic rings. The zero-order valence-corrected chi connectivity index (χ0v) is 18.5. The van der Waals surface area contributed by atoms with Crippen molar-refractivity contribution in [1.29, 1.82) is 0 Å². The molecule has 0 saturated heterocycles. The van der Waals surface area contributed by atoms with Crippen molar-refractivity contribution in [2.45, 2.75) is 19.1 Å². The lowest BCUT2D eigenvalue weighted by atomic mass is 10.1. The van der Waals surface area contributed by atoms with E-state index in [9.17, 15) is 22.4 Å². The van der Waals surface area contributed by atoms with Gasteiger partial charge in [-0.15, -0.1) is 0 Å². The van der Waals surface area contributed by atoms with Gasteiger partial charge in [0.25, 0.3) is 0 Å². The van der Waals surface area contributed by atoms with Crippen LogP contribution in [0.4, 0.5) is 17.6 Å². The Morgan fingerprint density at radius 3 is 2.58 bits per heavy atom. The summed E-state index contributed by atoms with van der Waals surface area (Å²) < 4.78 is 49.3. The highest BCUT2D eigenvalue weighted by atomic mass is 19.4. The van der Waals surface area contributed by atoms with Crippen LogP contribution in [0.25, 0.3) is 38.9 Å². The van der Waals surface area contributed by atoms with Crippen LogP contribution in [0.15, 0.2) is 59.7 Å². The summed E-state index contributed by atoms with van der Waals surface area (Å²) in [6.45, 7) is 1.22. The van der Waals surface area contributed by atoms with Gasteiger partial charge in [0.1, 0.15) is 5.82 Å². The van der Waals surface area contributed by atoms with Gasteiger partial charge in [0.05, 0.1) is 11.2 Å². The average molecular weight is 504 g/mol. The smallest absolute Gasteiger partial charge is 0.475 e. The van der Waals surface area contributed by atoms with E-state index in [0.717, 1.165) is 28.4 Å². The molecule has 36 heavy (non-hydrogen) atoms. The number of fused-ring (bicyclic) bond motifs is 2. The molecule has 0 radical (unpaired) electrons. The second-order valence-electron chi connectivity index (χ2n) is 7.78. The number of benzene rings is 2. The van der Waals surface area contributed by atoms with Gasteiger partial charge in [-0.1, -0.05) is 12.1 Å². The maximum Gasteiger partial charge on any atom is 0.490 e. The molecule has 0 saturated carbocycles. The number of aryl methyl sites for hydroxylation is 1. The number of hydrogen-bond donors (Lipinski definition) is 4. The monoisotopic (exact) mass is 504 g/mol. The Bertz CT molecular complexity index is 1590. The topological polar surface area (TPSA) is 135 Å². The van der Waals surface area contributed by atoms with Crippen molar-refractivity contribution in [2.24, 2.45) is 5.73 Å². The molecule has 0 amide bonds. The van der Waals surface area contributed by atoms with Crippen LogP contribution < -0.4 is 11.4 Å². The summed E-state index contributed by atoms with van der Waals surface area (Å²) in [4.78, 5) is 24.8. The minimum atomic E-state index is -5.08. The van der Waals surface area contributed by atoms with Gasteiger partial charge >= 0.3 is 17.8 Å². The highest BCUT2D eigenvalue weighted by Gasteiger charge is 2.38. The summed E-state index contributed by atoms with van der Waals surface area (Å²) in [7, 11) is 0. The van der Waals surface area contributed by atoms with E-state index in [2.05, 4.69) is 15.2 Å². The lowest BCUT2D eigenvalue weighted by Crippen LogP contribution is -2.21. The van der Waals surface area contributed by atoms with Crippen LogP contribution in [-0.2, 0) is 11.3 Å². The largest absolute Gasteiger partial charge is 0.490 e. The Morgan fingerprint density at radius 2 is 1.89 bits per heavy atom. The number of halogens is 4. The Balaban J connectivity index is 0.000000384. The standard InChI is InChI=1S/C21H19FN6O.C2HF3O2/c22-15-4-5-18-16(11-15)19(12-27(18)9-1-7-23)28-20(25-26-21(28)29)14-3-2-13-6-8-24-17(13)10-14;3-2(4,5)1(6)7/h2-6,8,10-12,24H,1,7,9,23H2,(H,26,29);(H,6,7). The second kappa shape index (κ2) is 9.70. The highest BCUT2D eigenvalue weighted by Crippen LogP contribution is 2.29. The van der Waals surface area contributed by atoms with Crippen LogP contribution in [0.3, 0.4) is 0 Å². The van der Waals surface area contributed by atoms with Gasteiger partial charge in [0, 0.05) is 35.4 Å². The number of alkyl halides is 3. The van der Waals surface area contributed by atoms with Crippen LogP contribution in [-0.4, -0.2) is 48.1 Å². The number of rotatable bonds is 5. The number of carbonyl (C=O) groups is 1. The molecule has 3 heterocycles. The zero-order chi connectivity index (χ0) is 26.0. The van der Waals surface area contributed by atoms with Crippen molar-refractivity contribution in [3.05, 3.63) is 71.2 Å². The number of H-pyrrole nitrogens is 2. The SMILES string of the molecule is NCCCn1cc(-n2c(-c3ccc4cc[nH]c4c3)n[nH]c2=O)c2cc(F)ccc21.O=C(O)C(F)(F)F. The molecule has 0 atom stereocenters. The number of nitrogens with zero attached hydrogens (tertiary/aromatic N) is 3. The van der Waals surface area contributed by atoms with Crippen LogP contribution in [0.1, 0.15) is 6.42 Å². The molecule has 0 aliphatic rings. The fourth-order valence-corrected chi connectivity index (χ4v) is 3.78. The van der Waals surface area contributed by atoms with E-state index >= 15 is 0 Å². The molecule has 3 aromatic heterocycles. The summed E-state index contributed by atoms with van der Waals surface area (Å²) in [5.74, 6) is -2.65. The van der Waals surface area contributed by atoms with Gasteiger partial charge in [0.2, 0.25) is 0 Å². The molecule has 0 aliphatic carbocycles. The van der Waals surface area contributed by atoms with Crippen molar-refractivity contribution in [3.63, 3.8) is 0 Å². The van der Waals surface area contributed by atoms with E-state index < -0.39 is 12.1 Å². The predicted octanol–water partition coefficient (Wildman–Crippen LogP) is 3.78. The van der Waals surface area contributed by atoms with Crippen LogP contribution in [0, 0.1) is 5.82 Å². The minimum Gasteiger partial charge on any atom is -0.475 e. The third-order valence-electron chi connectivity index (χ3n) is 5.39. The maximum absolute atomic E-state index is 14.0. The van der Waals surface area contributed by atoms with E-state index in [1.54, 1.807) is 6.07 Å². The first kappa shape index (κ1) is 24.7. The van der Waals surface area contributed by atoms with Crippen molar-refractivity contribution >= 4 is 27.8 Å². The normalized spacial score (nSPS) is 11.6. The second-order valence-corrected chi connectivity index (χ2v) is 7.78. The fourth-order valence-electron chi connectivity index (χ4n) is 3.78. The molecule has 0 aliphatic heterocycles. The van der Waals surface area contributed by atoms with E-state index in [4.69, 9.17) is 15.6 Å². The Hall–Kier alpha value is -4.39. The number of aromatic nitrogens is 5. The number of carboxylic acid groups (broad SMARTS) is 1. The van der Waals surface area contributed by atoms with Gasteiger partial charge in [-0.25, -0.2) is 23.6 Å². The van der Waals surface area contributed by atoms with E-state index in [1.165, 1.54) is 16.7 Å². The number of aliphatic carboxylic acids is 1. The summed E-state index contributed by atoms with van der Waals surface area (Å²) in [5, 5.41) is 15.6. The van der Waals surface area contributed by atoms with Crippen molar-refractivity contribution in [2.75, 3.05) is 6.54 Å². The molecule has 5 rings (SSSR count). The molecule has 2 aromatic carbocycles. The summed E-state index contributed by atoms with van der Waals surface area (Å²) in [6, 6.07) is 12.4. The summed E-state index contributed by atoms with van der Waals surface area (Å²) in [5.41, 5.74) is 8.42. The van der Waals surface area contributed by atoms with Crippen LogP contribution in [0.5, 0.6) is 0 Å². The highest BCUT2D eigenvalue weighted by molar-refractivity contribution is 5.90. The van der Waals surface area contributed by atoms with E-state index in [1.807, 2.05) is 41.2 Å². The Labute approximate surface area is 199 Å².